The van der Waals surface area contributed by atoms with Gasteiger partial charge in [-0.1, -0.05) is 6.92 Å². The minimum Gasteiger partial charge on any atom is -0.443 e. The molecule has 9 nitrogen and oxygen atoms in total. The van der Waals surface area contributed by atoms with Gasteiger partial charge in [0.15, 0.2) is 0 Å². The lowest BCUT2D eigenvalue weighted by Crippen LogP contribution is -2.74. The standard InChI is InChI=1S/C22H30N4O5S/c1-13-16-9-22(13,10-16)26(12-27)17-15(11-23-19(24-17)32(5)30)8-14-6-7-25(18(14)28)20(29)31-21(2,3)4/h11-14,16H,6-10H2,1-5H3/t13-,14+,16?,22?,32?/m1/s1. The lowest BCUT2D eigenvalue weighted by molar-refractivity contribution is -0.130. The first-order valence-corrected chi connectivity index (χ1v) is 12.5. The Balaban J connectivity index is 1.59. The lowest BCUT2D eigenvalue weighted by Gasteiger charge is -2.70. The molecule has 174 valence electrons. The van der Waals surface area contributed by atoms with E-state index in [0.29, 0.717) is 36.1 Å². The van der Waals surface area contributed by atoms with Crippen molar-refractivity contribution in [2.24, 2.45) is 17.8 Å². The number of likely N-dealkylation sites (tertiary alicyclic amines) is 1. The van der Waals surface area contributed by atoms with Gasteiger partial charge in [0.2, 0.25) is 17.5 Å². The average molecular weight is 463 g/mol. The van der Waals surface area contributed by atoms with E-state index in [2.05, 4.69) is 16.9 Å². The number of aromatic nitrogens is 2. The normalized spacial score (nSPS) is 29.7. The summed E-state index contributed by atoms with van der Waals surface area (Å²) in [5.41, 5.74) is -0.302. The summed E-state index contributed by atoms with van der Waals surface area (Å²) in [6.07, 6.45) is 5.85. The molecule has 0 aromatic carbocycles. The number of rotatable bonds is 6. The van der Waals surface area contributed by atoms with Crippen molar-refractivity contribution in [2.45, 2.75) is 69.7 Å². The van der Waals surface area contributed by atoms with Gasteiger partial charge in [0.25, 0.3) is 0 Å². The average Bonchev–Trinajstić information content (AvgIpc) is 3.04. The van der Waals surface area contributed by atoms with Crippen LogP contribution < -0.4 is 4.90 Å². The van der Waals surface area contributed by atoms with E-state index in [9.17, 15) is 18.6 Å². The Labute approximate surface area is 190 Å². The fraction of sp³-hybridized carbons (Fsp3) is 0.682. The number of anilines is 1. The first-order chi connectivity index (χ1) is 15.0. The van der Waals surface area contributed by atoms with Crippen LogP contribution in [-0.2, 0) is 31.5 Å². The monoisotopic (exact) mass is 462 g/mol. The largest absolute Gasteiger partial charge is 0.443 e. The van der Waals surface area contributed by atoms with Crippen molar-refractivity contribution in [1.82, 2.24) is 14.9 Å². The molecule has 4 fully saturated rings. The van der Waals surface area contributed by atoms with Crippen LogP contribution in [0.4, 0.5) is 10.6 Å². The quantitative estimate of drug-likeness (QED) is 0.471. The summed E-state index contributed by atoms with van der Waals surface area (Å²) in [5.74, 6) is 0.684. The smallest absolute Gasteiger partial charge is 0.417 e. The molecule has 10 heteroatoms. The molecule has 1 aromatic heterocycles. The summed E-state index contributed by atoms with van der Waals surface area (Å²) in [5, 5.41) is 0.156. The van der Waals surface area contributed by atoms with Crippen LogP contribution in [-0.4, -0.2) is 61.4 Å². The van der Waals surface area contributed by atoms with E-state index in [1.54, 1.807) is 31.9 Å². The summed E-state index contributed by atoms with van der Waals surface area (Å²) >= 11 is 0. The zero-order valence-electron chi connectivity index (χ0n) is 19.2. The molecule has 1 saturated heterocycles. The van der Waals surface area contributed by atoms with Crippen LogP contribution in [0.5, 0.6) is 0 Å². The Morgan fingerprint density at radius 3 is 2.59 bits per heavy atom. The Bertz CT molecular complexity index is 985. The highest BCUT2D eigenvalue weighted by Crippen LogP contribution is 2.65. The van der Waals surface area contributed by atoms with Crippen molar-refractivity contribution < 1.29 is 23.3 Å². The van der Waals surface area contributed by atoms with Crippen LogP contribution in [0.3, 0.4) is 0 Å². The van der Waals surface area contributed by atoms with E-state index in [1.807, 2.05) is 0 Å². The third-order valence-corrected chi connectivity index (χ3v) is 7.78. The number of ether oxygens (including phenoxy) is 1. The molecule has 3 saturated carbocycles. The number of imide groups is 1. The number of hydrogen-bond acceptors (Lipinski definition) is 7. The highest BCUT2D eigenvalue weighted by atomic mass is 32.2. The number of carbonyl (C=O) groups is 3. The molecule has 3 atom stereocenters. The van der Waals surface area contributed by atoms with Gasteiger partial charge in [-0.2, -0.15) is 0 Å². The Kier molecular flexibility index (Phi) is 5.63. The van der Waals surface area contributed by atoms with Gasteiger partial charge in [-0.25, -0.2) is 19.7 Å². The van der Waals surface area contributed by atoms with E-state index in [4.69, 9.17) is 4.74 Å². The summed E-state index contributed by atoms with van der Waals surface area (Å²) in [4.78, 5) is 49.0. The molecule has 32 heavy (non-hydrogen) atoms. The SMILES string of the molecule is C[C@@H]1C2CC1(N(C=O)c1nc(S(C)=O)ncc1C[C@@H]1CCN(C(=O)OC(C)(C)C)C1=O)C2. The molecule has 3 amide bonds. The van der Waals surface area contributed by atoms with E-state index >= 15 is 0 Å². The van der Waals surface area contributed by atoms with Crippen LogP contribution in [0.1, 0.15) is 52.5 Å². The molecular weight excluding hydrogens is 432 g/mol. The molecule has 0 radical (unpaired) electrons. The minimum absolute atomic E-state index is 0.156. The molecule has 0 spiro atoms. The number of amides is 3. The lowest BCUT2D eigenvalue weighted by atomic mass is 9.42. The van der Waals surface area contributed by atoms with Gasteiger partial charge < -0.3 is 4.74 Å². The van der Waals surface area contributed by atoms with E-state index < -0.39 is 28.4 Å². The van der Waals surface area contributed by atoms with E-state index in [1.165, 1.54) is 6.26 Å². The van der Waals surface area contributed by atoms with Gasteiger partial charge >= 0.3 is 6.09 Å². The van der Waals surface area contributed by atoms with E-state index in [0.717, 1.165) is 24.2 Å². The first-order valence-electron chi connectivity index (χ1n) is 10.9. The summed E-state index contributed by atoms with van der Waals surface area (Å²) in [6, 6.07) is 0. The van der Waals surface area contributed by atoms with Crippen LogP contribution in [0, 0.1) is 17.8 Å². The van der Waals surface area contributed by atoms with Gasteiger partial charge in [0.1, 0.15) is 11.4 Å². The maximum absolute atomic E-state index is 12.9. The molecule has 1 aromatic rings. The van der Waals surface area contributed by atoms with Crippen molar-refractivity contribution in [2.75, 3.05) is 17.7 Å². The number of carbonyl (C=O) groups excluding carboxylic acids is 3. The van der Waals surface area contributed by atoms with Crippen molar-refractivity contribution in [3.8, 4) is 0 Å². The Hall–Kier alpha value is -2.36. The van der Waals surface area contributed by atoms with Crippen molar-refractivity contribution in [3.63, 3.8) is 0 Å². The first kappa shape index (κ1) is 22.8. The Morgan fingerprint density at radius 1 is 1.41 bits per heavy atom. The molecule has 1 aliphatic heterocycles. The third kappa shape index (κ3) is 3.72. The zero-order chi connectivity index (χ0) is 23.4. The summed E-state index contributed by atoms with van der Waals surface area (Å²) in [6.45, 7) is 7.68. The predicted molar refractivity (Wildman–Crippen MR) is 117 cm³/mol. The van der Waals surface area contributed by atoms with Gasteiger partial charge in [0.05, 0.1) is 16.3 Å². The van der Waals surface area contributed by atoms with Gasteiger partial charge in [-0.3, -0.25) is 18.7 Å². The highest BCUT2D eigenvalue weighted by molar-refractivity contribution is 7.84. The maximum atomic E-state index is 12.9. The van der Waals surface area contributed by atoms with Crippen LogP contribution in [0.25, 0.3) is 0 Å². The van der Waals surface area contributed by atoms with Crippen molar-refractivity contribution >= 4 is 35.0 Å². The Morgan fingerprint density at radius 2 is 2.09 bits per heavy atom. The fourth-order valence-corrected chi connectivity index (χ4v) is 5.45. The summed E-state index contributed by atoms with van der Waals surface area (Å²) < 4.78 is 17.4. The van der Waals surface area contributed by atoms with Gasteiger partial charge in [-0.05, 0) is 58.3 Å². The molecule has 2 heterocycles. The second-order valence-corrected chi connectivity index (χ2v) is 11.4. The second-order valence-electron chi connectivity index (χ2n) is 10.2. The number of nitrogens with zero attached hydrogens (tertiary/aromatic N) is 4. The van der Waals surface area contributed by atoms with Crippen LogP contribution in [0.15, 0.2) is 11.4 Å². The molecule has 4 aliphatic rings. The highest BCUT2D eigenvalue weighted by Gasteiger charge is 2.66. The zero-order valence-corrected chi connectivity index (χ0v) is 20.0. The van der Waals surface area contributed by atoms with Crippen LogP contribution in [0.2, 0.25) is 0 Å². The molecule has 1 unspecified atom stereocenters. The third-order valence-electron chi connectivity index (χ3n) is 7.07. The van der Waals surface area contributed by atoms with Crippen molar-refractivity contribution in [3.05, 3.63) is 11.8 Å². The van der Waals surface area contributed by atoms with Gasteiger partial charge in [-0.15, -0.1) is 0 Å². The number of hydrogen-bond donors (Lipinski definition) is 0. The minimum atomic E-state index is -1.41. The van der Waals surface area contributed by atoms with Gasteiger partial charge in [0, 0.05) is 30.5 Å². The summed E-state index contributed by atoms with van der Waals surface area (Å²) in [7, 11) is -1.41. The molecular formula is C22H30N4O5S. The predicted octanol–water partition coefficient (Wildman–Crippen LogP) is 2.30. The molecule has 5 rings (SSSR count). The molecule has 0 N–H and O–H groups in total. The van der Waals surface area contributed by atoms with Crippen LogP contribution >= 0.6 is 0 Å². The van der Waals surface area contributed by atoms with E-state index in [-0.39, 0.29) is 23.1 Å². The molecule has 2 bridgehead atoms. The fourth-order valence-electron chi connectivity index (χ4n) is 5.04. The van der Waals surface area contributed by atoms with Crippen molar-refractivity contribution in [1.29, 1.82) is 0 Å². The second kappa shape index (κ2) is 7.90. The molecule has 3 aliphatic carbocycles. The topological polar surface area (TPSA) is 110 Å². The maximum Gasteiger partial charge on any atom is 0.417 e.